The minimum absolute atomic E-state index is 0.102. The third-order valence-corrected chi connectivity index (χ3v) is 3.39. The lowest BCUT2D eigenvalue weighted by Crippen LogP contribution is -2.29. The monoisotopic (exact) mass is 232 g/mol. The van der Waals surface area contributed by atoms with Crippen LogP contribution in [0.2, 0.25) is 0 Å². The van der Waals surface area contributed by atoms with E-state index in [0.29, 0.717) is 0 Å². The maximum absolute atomic E-state index is 11.3. The highest BCUT2D eigenvalue weighted by molar-refractivity contribution is 5.94. The van der Waals surface area contributed by atoms with Crippen molar-refractivity contribution in [3.8, 4) is 0 Å². The van der Waals surface area contributed by atoms with Crippen LogP contribution in [-0.4, -0.2) is 23.8 Å². The van der Waals surface area contributed by atoms with Gasteiger partial charge in [-0.1, -0.05) is 6.42 Å². The summed E-state index contributed by atoms with van der Waals surface area (Å²) in [5.74, 6) is 0.102. The number of hydrogen-bond donors (Lipinski definition) is 1. The number of benzene rings is 1. The lowest BCUT2D eigenvalue weighted by molar-refractivity contribution is 0.101. The molecule has 0 saturated carbocycles. The fourth-order valence-electron chi connectivity index (χ4n) is 2.32. The third-order valence-electron chi connectivity index (χ3n) is 3.39. The van der Waals surface area contributed by atoms with Crippen molar-refractivity contribution in [1.82, 2.24) is 4.90 Å². The van der Waals surface area contributed by atoms with Crippen molar-refractivity contribution in [2.24, 2.45) is 0 Å². The number of Topliss-reactive ketones (excluding diaryl/α,β-unsaturated/α-hetero) is 1. The summed E-state index contributed by atoms with van der Waals surface area (Å²) in [4.78, 5) is 13.8. The van der Waals surface area contributed by atoms with Gasteiger partial charge in [0, 0.05) is 17.8 Å². The number of carbonyl (C=O) groups excluding carboxylic acids is 1. The lowest BCUT2D eigenvalue weighted by atomic mass is 10.0. The van der Waals surface area contributed by atoms with Crippen molar-refractivity contribution in [2.75, 3.05) is 18.8 Å². The Labute approximate surface area is 103 Å². The topological polar surface area (TPSA) is 46.3 Å². The lowest BCUT2D eigenvalue weighted by Gasteiger charge is -2.27. The Kier molecular flexibility index (Phi) is 3.79. The zero-order chi connectivity index (χ0) is 12.3. The van der Waals surface area contributed by atoms with Crippen molar-refractivity contribution >= 4 is 11.5 Å². The standard InChI is InChI=1S/C14H20N2O/c1-11(17)12-5-6-14(15)13(9-12)10-16-7-3-2-4-8-16/h5-6,9H,2-4,7-8,10,15H2,1H3. The van der Waals surface area contributed by atoms with E-state index >= 15 is 0 Å². The van der Waals surface area contributed by atoms with Gasteiger partial charge in [-0.2, -0.15) is 0 Å². The molecule has 0 bridgehead atoms. The van der Waals surface area contributed by atoms with Crippen LogP contribution in [0.4, 0.5) is 5.69 Å². The van der Waals surface area contributed by atoms with Gasteiger partial charge in [0.1, 0.15) is 0 Å². The molecule has 1 aliphatic heterocycles. The van der Waals surface area contributed by atoms with Gasteiger partial charge in [-0.15, -0.1) is 0 Å². The fourth-order valence-corrected chi connectivity index (χ4v) is 2.32. The van der Waals surface area contributed by atoms with Gasteiger partial charge in [-0.3, -0.25) is 9.69 Å². The van der Waals surface area contributed by atoms with Gasteiger partial charge in [0.05, 0.1) is 0 Å². The van der Waals surface area contributed by atoms with Gasteiger partial charge < -0.3 is 5.73 Å². The molecule has 2 N–H and O–H groups in total. The van der Waals surface area contributed by atoms with Crippen molar-refractivity contribution in [2.45, 2.75) is 32.7 Å². The van der Waals surface area contributed by atoms with Crippen molar-refractivity contribution < 1.29 is 4.79 Å². The number of nitrogens with two attached hydrogens (primary N) is 1. The second-order valence-corrected chi connectivity index (χ2v) is 4.81. The zero-order valence-corrected chi connectivity index (χ0v) is 10.4. The smallest absolute Gasteiger partial charge is 0.159 e. The number of nitrogen functional groups attached to an aromatic ring is 1. The van der Waals surface area contributed by atoms with Crippen molar-refractivity contribution in [3.63, 3.8) is 0 Å². The summed E-state index contributed by atoms with van der Waals surface area (Å²) in [7, 11) is 0. The van der Waals surface area contributed by atoms with Crippen molar-refractivity contribution in [1.29, 1.82) is 0 Å². The van der Waals surface area contributed by atoms with E-state index in [1.54, 1.807) is 13.0 Å². The minimum Gasteiger partial charge on any atom is -0.398 e. The number of rotatable bonds is 3. The molecule has 92 valence electrons. The molecule has 3 heteroatoms. The minimum atomic E-state index is 0.102. The summed E-state index contributed by atoms with van der Waals surface area (Å²) < 4.78 is 0. The Morgan fingerprint density at radius 2 is 2.00 bits per heavy atom. The summed E-state index contributed by atoms with van der Waals surface area (Å²) in [6, 6.07) is 5.58. The van der Waals surface area contributed by atoms with Crippen molar-refractivity contribution in [3.05, 3.63) is 29.3 Å². The Hall–Kier alpha value is -1.35. The van der Waals surface area contributed by atoms with Gasteiger partial charge >= 0.3 is 0 Å². The zero-order valence-electron chi connectivity index (χ0n) is 10.4. The molecule has 0 aromatic heterocycles. The van der Waals surface area contributed by atoms with Gasteiger partial charge in [0.25, 0.3) is 0 Å². The number of likely N-dealkylation sites (tertiary alicyclic amines) is 1. The second-order valence-electron chi connectivity index (χ2n) is 4.81. The molecule has 1 aliphatic rings. The number of ketones is 1. The summed E-state index contributed by atoms with van der Waals surface area (Å²) in [6.07, 6.45) is 3.87. The molecule has 17 heavy (non-hydrogen) atoms. The van der Waals surface area contributed by atoms with Gasteiger partial charge in [-0.25, -0.2) is 0 Å². The van der Waals surface area contributed by atoms with E-state index in [-0.39, 0.29) is 5.78 Å². The van der Waals surface area contributed by atoms with E-state index in [9.17, 15) is 4.79 Å². The highest BCUT2D eigenvalue weighted by Gasteiger charge is 2.12. The van der Waals surface area contributed by atoms with Crippen LogP contribution in [0.25, 0.3) is 0 Å². The van der Waals surface area contributed by atoms with Crippen LogP contribution in [0, 0.1) is 0 Å². The average Bonchev–Trinajstić information content (AvgIpc) is 2.33. The van der Waals surface area contributed by atoms with E-state index in [0.717, 1.165) is 36.4 Å². The summed E-state index contributed by atoms with van der Waals surface area (Å²) in [6.45, 7) is 4.75. The summed E-state index contributed by atoms with van der Waals surface area (Å²) >= 11 is 0. The Bertz CT molecular complexity index is 409. The van der Waals surface area contributed by atoms with Gasteiger partial charge in [-0.05, 0) is 56.6 Å². The maximum Gasteiger partial charge on any atom is 0.159 e. The van der Waals surface area contributed by atoms with Crippen LogP contribution >= 0.6 is 0 Å². The van der Waals surface area contributed by atoms with E-state index < -0.39 is 0 Å². The van der Waals surface area contributed by atoms with Gasteiger partial charge in [0.15, 0.2) is 5.78 Å². The first-order chi connectivity index (χ1) is 8.16. The summed E-state index contributed by atoms with van der Waals surface area (Å²) in [5, 5.41) is 0. The molecule has 1 saturated heterocycles. The molecule has 3 nitrogen and oxygen atoms in total. The van der Waals surface area contributed by atoms with E-state index in [4.69, 9.17) is 5.73 Å². The predicted octanol–water partition coefficient (Wildman–Crippen LogP) is 2.46. The normalized spacial score (nSPS) is 17.0. The third kappa shape index (κ3) is 3.07. The Balaban J connectivity index is 2.13. The molecule has 1 fully saturated rings. The highest BCUT2D eigenvalue weighted by atomic mass is 16.1. The van der Waals surface area contributed by atoms with Crippen LogP contribution < -0.4 is 5.73 Å². The van der Waals surface area contributed by atoms with Gasteiger partial charge in [0.2, 0.25) is 0 Å². The number of anilines is 1. The molecule has 0 spiro atoms. The number of hydrogen-bond acceptors (Lipinski definition) is 3. The molecule has 0 atom stereocenters. The number of carbonyl (C=O) groups is 1. The summed E-state index contributed by atoms with van der Waals surface area (Å²) in [5.41, 5.74) is 8.60. The molecule has 1 aromatic carbocycles. The number of nitrogens with zero attached hydrogens (tertiary/aromatic N) is 1. The predicted molar refractivity (Wildman–Crippen MR) is 70.0 cm³/mol. The van der Waals surface area contributed by atoms with Crippen LogP contribution in [0.5, 0.6) is 0 Å². The van der Waals surface area contributed by atoms with Crippen LogP contribution in [0.3, 0.4) is 0 Å². The highest BCUT2D eigenvalue weighted by Crippen LogP contribution is 2.19. The molecular formula is C14H20N2O. The number of piperidine rings is 1. The Morgan fingerprint density at radius 3 is 2.65 bits per heavy atom. The molecule has 1 aromatic rings. The molecule has 0 radical (unpaired) electrons. The first-order valence-corrected chi connectivity index (χ1v) is 6.28. The Morgan fingerprint density at radius 1 is 1.29 bits per heavy atom. The largest absolute Gasteiger partial charge is 0.398 e. The van der Waals surface area contributed by atoms with Crippen LogP contribution in [-0.2, 0) is 6.54 Å². The van der Waals surface area contributed by atoms with E-state index in [1.165, 1.54) is 19.3 Å². The molecular weight excluding hydrogens is 212 g/mol. The van der Waals surface area contributed by atoms with Crippen LogP contribution in [0.1, 0.15) is 42.1 Å². The quantitative estimate of drug-likeness (QED) is 0.643. The molecule has 0 amide bonds. The molecule has 0 aliphatic carbocycles. The maximum atomic E-state index is 11.3. The second kappa shape index (κ2) is 5.32. The first kappa shape index (κ1) is 12.1. The SMILES string of the molecule is CC(=O)c1ccc(N)c(CN2CCCCC2)c1. The molecule has 0 unspecified atom stereocenters. The first-order valence-electron chi connectivity index (χ1n) is 6.28. The molecule has 1 heterocycles. The molecule has 2 rings (SSSR count). The average molecular weight is 232 g/mol. The van der Waals surface area contributed by atoms with E-state index in [2.05, 4.69) is 4.90 Å². The van der Waals surface area contributed by atoms with Crippen LogP contribution in [0.15, 0.2) is 18.2 Å². The fraction of sp³-hybridized carbons (Fsp3) is 0.500. The van der Waals surface area contributed by atoms with E-state index in [1.807, 2.05) is 12.1 Å².